The fourth-order valence-electron chi connectivity index (χ4n) is 5.45. The average Bonchev–Trinajstić information content (AvgIpc) is 3.56. The SMILES string of the molecule is COc1cc(Nc2nc(-c3cnc4c(c3)CCCO4)cn3ccnc23)ccc1N1CC[C@@]2(CCO2)C1. The maximum Gasteiger partial charge on any atom is 0.216 e. The van der Waals surface area contributed by atoms with Crippen LogP contribution in [0.5, 0.6) is 11.6 Å². The maximum absolute atomic E-state index is 5.89. The van der Waals surface area contributed by atoms with Gasteiger partial charge in [0.25, 0.3) is 0 Å². The van der Waals surface area contributed by atoms with Crippen LogP contribution < -0.4 is 19.7 Å². The van der Waals surface area contributed by atoms with Gasteiger partial charge in [-0.2, -0.15) is 0 Å². The number of imidazole rings is 1. The summed E-state index contributed by atoms with van der Waals surface area (Å²) >= 11 is 0. The second-order valence-electron chi connectivity index (χ2n) is 9.74. The molecule has 0 amide bonds. The van der Waals surface area contributed by atoms with E-state index >= 15 is 0 Å². The second kappa shape index (κ2) is 8.37. The molecule has 6 heterocycles. The first kappa shape index (κ1) is 21.4. The van der Waals surface area contributed by atoms with Crippen LogP contribution in [0.3, 0.4) is 0 Å². The monoisotopic (exact) mass is 484 g/mol. The van der Waals surface area contributed by atoms with E-state index in [0.717, 1.165) is 97.5 Å². The Balaban J connectivity index is 1.20. The highest BCUT2D eigenvalue weighted by Gasteiger charge is 2.44. The van der Waals surface area contributed by atoms with Crippen molar-refractivity contribution in [1.82, 2.24) is 19.4 Å². The van der Waals surface area contributed by atoms with Gasteiger partial charge < -0.3 is 28.8 Å². The smallest absolute Gasteiger partial charge is 0.216 e. The van der Waals surface area contributed by atoms with Crippen molar-refractivity contribution in [3.05, 3.63) is 54.6 Å². The molecule has 9 heteroatoms. The predicted octanol–water partition coefficient (Wildman–Crippen LogP) is 4.24. The van der Waals surface area contributed by atoms with Gasteiger partial charge in [-0.15, -0.1) is 0 Å². The van der Waals surface area contributed by atoms with Crippen molar-refractivity contribution in [2.24, 2.45) is 0 Å². The van der Waals surface area contributed by atoms with Gasteiger partial charge in [-0.3, -0.25) is 0 Å². The van der Waals surface area contributed by atoms with Gasteiger partial charge in [0.2, 0.25) is 5.88 Å². The van der Waals surface area contributed by atoms with Gasteiger partial charge in [0.1, 0.15) is 5.75 Å². The Morgan fingerprint density at radius 1 is 1.14 bits per heavy atom. The molecule has 2 fully saturated rings. The Bertz CT molecular complexity index is 1450. The second-order valence-corrected chi connectivity index (χ2v) is 9.74. The zero-order valence-corrected chi connectivity index (χ0v) is 20.2. The van der Waals surface area contributed by atoms with E-state index in [1.807, 2.05) is 29.1 Å². The van der Waals surface area contributed by atoms with Gasteiger partial charge in [-0.1, -0.05) is 0 Å². The highest BCUT2D eigenvalue weighted by molar-refractivity contribution is 5.76. The maximum atomic E-state index is 5.89. The molecule has 1 N–H and O–H groups in total. The Morgan fingerprint density at radius 3 is 2.92 bits per heavy atom. The summed E-state index contributed by atoms with van der Waals surface area (Å²) in [6.07, 6.45) is 11.7. The van der Waals surface area contributed by atoms with Gasteiger partial charge in [-0.05, 0) is 37.5 Å². The van der Waals surface area contributed by atoms with Gasteiger partial charge in [-0.25, -0.2) is 15.0 Å². The third kappa shape index (κ3) is 3.62. The molecule has 1 spiro atoms. The molecule has 9 nitrogen and oxygen atoms in total. The largest absolute Gasteiger partial charge is 0.495 e. The summed E-state index contributed by atoms with van der Waals surface area (Å²) in [5.74, 6) is 2.22. The van der Waals surface area contributed by atoms with Gasteiger partial charge in [0, 0.05) is 67.2 Å². The van der Waals surface area contributed by atoms with Gasteiger partial charge in [0.15, 0.2) is 11.5 Å². The number of fused-ring (bicyclic) bond motifs is 2. The molecule has 0 bridgehead atoms. The summed E-state index contributed by atoms with van der Waals surface area (Å²) in [5.41, 5.74) is 5.65. The third-order valence-electron chi connectivity index (χ3n) is 7.49. The molecule has 36 heavy (non-hydrogen) atoms. The van der Waals surface area contributed by atoms with Crippen LogP contribution in [0, 0.1) is 0 Å². The van der Waals surface area contributed by atoms with E-state index in [0.29, 0.717) is 5.82 Å². The van der Waals surface area contributed by atoms with Crippen LogP contribution in [0.1, 0.15) is 24.8 Å². The number of nitrogens with one attached hydrogen (secondary N) is 1. The molecule has 0 aliphatic carbocycles. The minimum atomic E-state index is 0.0379. The Morgan fingerprint density at radius 2 is 2.08 bits per heavy atom. The molecule has 0 saturated carbocycles. The molecule has 0 unspecified atom stereocenters. The number of hydrogen-bond acceptors (Lipinski definition) is 8. The molecule has 7 rings (SSSR count). The number of benzene rings is 1. The zero-order chi connectivity index (χ0) is 24.1. The number of aryl methyl sites for hydroxylation is 1. The van der Waals surface area contributed by atoms with Crippen molar-refractivity contribution >= 4 is 22.8 Å². The van der Waals surface area contributed by atoms with Crippen LogP contribution in [-0.4, -0.2) is 58.4 Å². The van der Waals surface area contributed by atoms with Crippen LogP contribution in [0.4, 0.5) is 17.2 Å². The van der Waals surface area contributed by atoms with E-state index in [4.69, 9.17) is 19.2 Å². The topological polar surface area (TPSA) is 86.0 Å². The lowest BCUT2D eigenvalue weighted by Crippen LogP contribution is -2.45. The van der Waals surface area contributed by atoms with Gasteiger partial charge >= 0.3 is 0 Å². The van der Waals surface area contributed by atoms with E-state index < -0.39 is 0 Å². The van der Waals surface area contributed by atoms with Crippen molar-refractivity contribution in [2.75, 3.05) is 43.6 Å². The molecule has 184 valence electrons. The van der Waals surface area contributed by atoms with E-state index in [1.54, 1.807) is 13.3 Å². The summed E-state index contributed by atoms with van der Waals surface area (Å²) in [6.45, 7) is 3.48. The molecule has 3 aliphatic rings. The predicted molar refractivity (Wildman–Crippen MR) is 136 cm³/mol. The summed E-state index contributed by atoms with van der Waals surface area (Å²) in [5, 5.41) is 3.47. The van der Waals surface area contributed by atoms with Crippen molar-refractivity contribution in [2.45, 2.75) is 31.3 Å². The summed E-state index contributed by atoms with van der Waals surface area (Å²) in [4.78, 5) is 16.4. The summed E-state index contributed by atoms with van der Waals surface area (Å²) < 4.78 is 19.3. The molecule has 2 saturated heterocycles. The van der Waals surface area contributed by atoms with Crippen LogP contribution in [0.2, 0.25) is 0 Å². The fraction of sp³-hybridized carbons (Fsp3) is 0.370. The minimum Gasteiger partial charge on any atom is -0.495 e. The first-order valence-electron chi connectivity index (χ1n) is 12.5. The summed E-state index contributed by atoms with van der Waals surface area (Å²) in [7, 11) is 1.72. The van der Waals surface area contributed by atoms with Crippen LogP contribution in [-0.2, 0) is 11.2 Å². The minimum absolute atomic E-state index is 0.0379. The lowest BCUT2D eigenvalue weighted by Gasteiger charge is -2.38. The van der Waals surface area contributed by atoms with E-state index in [2.05, 4.69) is 38.4 Å². The lowest BCUT2D eigenvalue weighted by molar-refractivity contribution is -0.130. The standard InChI is InChI=1S/C27H28N6O3/c1-34-23-14-20(4-5-22(23)33-9-6-27(17-33)7-12-36-27)30-24-25-28-8-10-32(25)16-21(31-24)19-13-18-3-2-11-35-26(18)29-15-19/h4-5,8,10,13-16H,2-3,6-7,9,11-12,17H2,1H3,(H,30,31)/t27-/m1/s1. The number of aromatic nitrogens is 4. The Hall–Kier alpha value is -3.85. The van der Waals surface area contributed by atoms with E-state index in [-0.39, 0.29) is 5.60 Å². The first-order chi connectivity index (χ1) is 17.7. The van der Waals surface area contributed by atoms with Gasteiger partial charge in [0.05, 0.1) is 37.3 Å². The van der Waals surface area contributed by atoms with Crippen molar-refractivity contribution in [3.63, 3.8) is 0 Å². The van der Waals surface area contributed by atoms with Crippen molar-refractivity contribution in [3.8, 4) is 22.9 Å². The van der Waals surface area contributed by atoms with Crippen LogP contribution in [0.25, 0.3) is 16.9 Å². The van der Waals surface area contributed by atoms with Crippen LogP contribution >= 0.6 is 0 Å². The fourth-order valence-corrected chi connectivity index (χ4v) is 5.45. The number of hydrogen-bond donors (Lipinski definition) is 1. The highest BCUT2D eigenvalue weighted by Crippen LogP contribution is 2.41. The van der Waals surface area contributed by atoms with Crippen LogP contribution in [0.15, 0.2) is 49.1 Å². The van der Waals surface area contributed by atoms with E-state index in [9.17, 15) is 0 Å². The molecule has 1 atom stereocenters. The molecule has 4 aromatic rings. The zero-order valence-electron chi connectivity index (χ0n) is 20.2. The highest BCUT2D eigenvalue weighted by atomic mass is 16.5. The van der Waals surface area contributed by atoms with Crippen molar-refractivity contribution < 1.29 is 14.2 Å². The number of ether oxygens (including phenoxy) is 3. The summed E-state index contributed by atoms with van der Waals surface area (Å²) in [6, 6.07) is 8.32. The molecular formula is C27H28N6O3. The number of methoxy groups -OCH3 is 1. The van der Waals surface area contributed by atoms with E-state index in [1.165, 1.54) is 0 Å². The number of pyridine rings is 1. The number of anilines is 3. The molecule has 3 aromatic heterocycles. The Kier molecular flexibility index (Phi) is 4.99. The van der Waals surface area contributed by atoms with Crippen molar-refractivity contribution in [1.29, 1.82) is 0 Å². The quantitative estimate of drug-likeness (QED) is 0.450. The number of nitrogens with zero attached hydrogens (tertiary/aromatic N) is 5. The molecule has 0 radical (unpaired) electrons. The third-order valence-corrected chi connectivity index (χ3v) is 7.49. The molecule has 3 aliphatic heterocycles. The number of rotatable bonds is 5. The average molecular weight is 485 g/mol. The Labute approximate surface area is 209 Å². The molecular weight excluding hydrogens is 456 g/mol. The first-order valence-corrected chi connectivity index (χ1v) is 12.5. The lowest BCUT2D eigenvalue weighted by atomic mass is 9.94. The normalized spacial score (nSPS) is 20.8. The molecule has 1 aromatic carbocycles.